The van der Waals surface area contributed by atoms with Crippen molar-refractivity contribution in [2.45, 2.75) is 33.1 Å². The summed E-state index contributed by atoms with van der Waals surface area (Å²) in [4.78, 5) is 34.8. The van der Waals surface area contributed by atoms with Crippen LogP contribution in [0.15, 0.2) is 34.3 Å². The molecule has 0 aromatic rings. The van der Waals surface area contributed by atoms with E-state index < -0.39 is 0 Å². The fourth-order valence-electron chi connectivity index (χ4n) is 2.10. The molecule has 21 heavy (non-hydrogen) atoms. The van der Waals surface area contributed by atoms with Gasteiger partial charge in [-0.15, -0.1) is 0 Å². The van der Waals surface area contributed by atoms with Gasteiger partial charge in [0.05, 0.1) is 14.2 Å². The van der Waals surface area contributed by atoms with Gasteiger partial charge in [-0.3, -0.25) is 9.59 Å². The second-order valence-corrected chi connectivity index (χ2v) is 4.79. The quantitative estimate of drug-likeness (QED) is 0.409. The highest BCUT2D eigenvalue weighted by Gasteiger charge is 2.33. The summed E-state index contributed by atoms with van der Waals surface area (Å²) in [5, 5.41) is 0. The Hall–Kier alpha value is -2.17. The molecule has 0 fully saturated rings. The van der Waals surface area contributed by atoms with Crippen LogP contribution in [0.3, 0.4) is 0 Å². The first-order chi connectivity index (χ1) is 9.97. The molecule has 0 radical (unpaired) electrons. The SMILES string of the molecule is COC1=C(OC)C(=O)C(CC=C(C)CCC=O)=C(C)C1=O. The number of methoxy groups -OCH3 is 2. The van der Waals surface area contributed by atoms with Crippen molar-refractivity contribution in [1.82, 2.24) is 0 Å². The largest absolute Gasteiger partial charge is 0.489 e. The average Bonchev–Trinajstić information content (AvgIpc) is 2.48. The van der Waals surface area contributed by atoms with E-state index in [-0.39, 0.29) is 23.1 Å². The van der Waals surface area contributed by atoms with Crippen LogP contribution in [-0.2, 0) is 23.9 Å². The van der Waals surface area contributed by atoms with Crippen LogP contribution in [0.2, 0.25) is 0 Å². The number of carbonyl (C=O) groups excluding carboxylic acids is 3. The number of hydrogen-bond donors (Lipinski definition) is 0. The van der Waals surface area contributed by atoms with Crippen LogP contribution < -0.4 is 0 Å². The predicted molar refractivity (Wildman–Crippen MR) is 77.4 cm³/mol. The van der Waals surface area contributed by atoms with Crippen LogP contribution in [0, 0.1) is 0 Å². The second kappa shape index (κ2) is 7.57. The molecule has 0 aliphatic heterocycles. The van der Waals surface area contributed by atoms with E-state index in [2.05, 4.69) is 0 Å². The third kappa shape index (κ3) is 3.68. The molecule has 0 unspecified atom stereocenters. The molecule has 0 amide bonds. The van der Waals surface area contributed by atoms with Gasteiger partial charge in [-0.2, -0.15) is 0 Å². The maximum absolute atomic E-state index is 12.4. The minimum absolute atomic E-state index is 0.0505. The van der Waals surface area contributed by atoms with E-state index in [0.717, 1.165) is 11.9 Å². The Morgan fingerprint density at radius 3 is 2.19 bits per heavy atom. The lowest BCUT2D eigenvalue weighted by atomic mass is 9.90. The highest BCUT2D eigenvalue weighted by molar-refractivity contribution is 6.23. The number of Topliss-reactive ketones (excluding diaryl/α,β-unsaturated/α-hetero) is 2. The molecule has 0 spiro atoms. The molecule has 0 saturated heterocycles. The Morgan fingerprint density at radius 1 is 1.10 bits per heavy atom. The maximum atomic E-state index is 12.4. The summed E-state index contributed by atoms with van der Waals surface area (Å²) in [6.07, 6.45) is 4.15. The van der Waals surface area contributed by atoms with Gasteiger partial charge in [0.2, 0.25) is 23.1 Å². The van der Waals surface area contributed by atoms with E-state index in [4.69, 9.17) is 9.47 Å². The van der Waals surface area contributed by atoms with Crippen LogP contribution in [0.5, 0.6) is 0 Å². The zero-order valence-electron chi connectivity index (χ0n) is 12.8. The number of rotatable bonds is 7. The van der Waals surface area contributed by atoms with Crippen molar-refractivity contribution in [3.8, 4) is 0 Å². The smallest absolute Gasteiger partial charge is 0.228 e. The third-order valence-corrected chi connectivity index (χ3v) is 3.41. The summed E-state index contributed by atoms with van der Waals surface area (Å²) < 4.78 is 9.98. The Balaban J connectivity index is 3.03. The minimum atomic E-state index is -0.331. The summed E-state index contributed by atoms with van der Waals surface area (Å²) in [6, 6.07) is 0. The zero-order valence-corrected chi connectivity index (χ0v) is 12.8. The number of carbonyl (C=O) groups is 3. The standard InChI is InChI=1S/C16H20O5/c1-10(6-5-9-17)7-8-12-11(2)13(18)15(20-3)16(21-4)14(12)19/h7,9H,5-6,8H2,1-4H3. The van der Waals surface area contributed by atoms with E-state index in [0.29, 0.717) is 30.4 Å². The number of allylic oxidation sites excluding steroid dienone is 4. The fourth-order valence-corrected chi connectivity index (χ4v) is 2.10. The molecule has 1 rings (SSSR count). The fraction of sp³-hybridized carbons (Fsp3) is 0.438. The molecule has 5 nitrogen and oxygen atoms in total. The number of aldehydes is 1. The van der Waals surface area contributed by atoms with E-state index in [9.17, 15) is 14.4 Å². The van der Waals surface area contributed by atoms with Gasteiger partial charge in [0, 0.05) is 17.6 Å². The summed E-state index contributed by atoms with van der Waals surface area (Å²) in [5.41, 5.74) is 1.78. The number of ketones is 2. The van der Waals surface area contributed by atoms with Gasteiger partial charge in [-0.05, 0) is 26.7 Å². The number of ether oxygens (including phenoxy) is 2. The first-order valence-corrected chi connectivity index (χ1v) is 6.68. The van der Waals surface area contributed by atoms with Crippen molar-refractivity contribution in [1.29, 1.82) is 0 Å². The van der Waals surface area contributed by atoms with Crippen LogP contribution in [-0.4, -0.2) is 32.1 Å². The highest BCUT2D eigenvalue weighted by Crippen LogP contribution is 2.28. The van der Waals surface area contributed by atoms with Crippen LogP contribution in [0.25, 0.3) is 0 Å². The molecule has 0 aromatic carbocycles. The molecule has 0 bridgehead atoms. The first-order valence-electron chi connectivity index (χ1n) is 6.68. The summed E-state index contributed by atoms with van der Waals surface area (Å²) in [6.45, 7) is 3.50. The monoisotopic (exact) mass is 292 g/mol. The molecule has 0 aromatic heterocycles. The van der Waals surface area contributed by atoms with Crippen molar-refractivity contribution in [3.05, 3.63) is 34.3 Å². The molecule has 0 heterocycles. The Kier molecular flexibility index (Phi) is 6.09. The molecule has 0 atom stereocenters. The Bertz CT molecular complexity index is 549. The average molecular weight is 292 g/mol. The third-order valence-electron chi connectivity index (χ3n) is 3.41. The molecular formula is C16H20O5. The van der Waals surface area contributed by atoms with Crippen LogP contribution in [0.4, 0.5) is 0 Å². The lowest BCUT2D eigenvalue weighted by Crippen LogP contribution is -2.24. The Labute approximate surface area is 124 Å². The van der Waals surface area contributed by atoms with E-state index in [1.54, 1.807) is 6.92 Å². The Morgan fingerprint density at radius 2 is 1.67 bits per heavy atom. The van der Waals surface area contributed by atoms with Crippen LogP contribution in [0.1, 0.15) is 33.1 Å². The van der Waals surface area contributed by atoms with Gasteiger partial charge in [0.15, 0.2) is 0 Å². The van der Waals surface area contributed by atoms with E-state index in [1.807, 2.05) is 13.0 Å². The van der Waals surface area contributed by atoms with Crippen molar-refractivity contribution < 1.29 is 23.9 Å². The van der Waals surface area contributed by atoms with Gasteiger partial charge in [0.25, 0.3) is 0 Å². The molecular weight excluding hydrogens is 272 g/mol. The van der Waals surface area contributed by atoms with Crippen molar-refractivity contribution in [2.24, 2.45) is 0 Å². The van der Waals surface area contributed by atoms with E-state index in [1.165, 1.54) is 14.2 Å². The molecule has 1 aliphatic rings. The molecule has 0 N–H and O–H groups in total. The van der Waals surface area contributed by atoms with Gasteiger partial charge >= 0.3 is 0 Å². The summed E-state index contributed by atoms with van der Waals surface area (Å²) in [5.74, 6) is -0.763. The number of hydrogen-bond acceptors (Lipinski definition) is 5. The molecule has 5 heteroatoms. The lowest BCUT2D eigenvalue weighted by molar-refractivity contribution is -0.121. The zero-order chi connectivity index (χ0) is 16.0. The minimum Gasteiger partial charge on any atom is -0.489 e. The van der Waals surface area contributed by atoms with Crippen molar-refractivity contribution in [3.63, 3.8) is 0 Å². The van der Waals surface area contributed by atoms with Gasteiger partial charge in [-0.25, -0.2) is 0 Å². The van der Waals surface area contributed by atoms with Gasteiger partial charge in [-0.1, -0.05) is 11.6 Å². The topological polar surface area (TPSA) is 69.7 Å². The van der Waals surface area contributed by atoms with E-state index >= 15 is 0 Å². The van der Waals surface area contributed by atoms with Crippen LogP contribution >= 0.6 is 0 Å². The van der Waals surface area contributed by atoms with Gasteiger partial charge < -0.3 is 14.3 Å². The highest BCUT2D eigenvalue weighted by atomic mass is 16.5. The van der Waals surface area contributed by atoms with Crippen molar-refractivity contribution >= 4 is 17.9 Å². The molecule has 1 aliphatic carbocycles. The molecule has 114 valence electrons. The maximum Gasteiger partial charge on any atom is 0.228 e. The lowest BCUT2D eigenvalue weighted by Gasteiger charge is -2.19. The normalized spacial score (nSPS) is 16.5. The van der Waals surface area contributed by atoms with Crippen molar-refractivity contribution in [2.75, 3.05) is 14.2 Å². The summed E-state index contributed by atoms with van der Waals surface area (Å²) in [7, 11) is 2.67. The predicted octanol–water partition coefficient (Wildman–Crippen LogP) is 2.27. The molecule has 0 saturated carbocycles. The first kappa shape index (κ1) is 16.9. The van der Waals surface area contributed by atoms with Gasteiger partial charge in [0.1, 0.15) is 6.29 Å². The summed E-state index contributed by atoms with van der Waals surface area (Å²) >= 11 is 0. The second-order valence-electron chi connectivity index (χ2n) is 4.79.